The molecule has 0 aromatic rings. The summed E-state index contributed by atoms with van der Waals surface area (Å²) >= 11 is 0. The van der Waals surface area contributed by atoms with Gasteiger partial charge in [-0.1, -0.05) is 0 Å². The number of carbonyl (C=O) groups excluding carboxylic acids is 1. The van der Waals surface area contributed by atoms with Crippen LogP contribution in [-0.4, -0.2) is 41.8 Å². The van der Waals surface area contributed by atoms with Crippen LogP contribution in [0.4, 0.5) is 0 Å². The monoisotopic (exact) mass is 250 g/mol. The van der Waals surface area contributed by atoms with Crippen LogP contribution in [-0.2, 0) is 19.8 Å². The molecule has 0 atom stereocenters. The van der Waals surface area contributed by atoms with Crippen LogP contribution in [0.15, 0.2) is 0 Å². The van der Waals surface area contributed by atoms with Crippen LogP contribution in [0.1, 0.15) is 26.7 Å². The highest BCUT2D eigenvalue weighted by molar-refractivity contribution is 7.88. The Hall–Kier alpha value is -1.15. The summed E-state index contributed by atoms with van der Waals surface area (Å²) in [5.74, 6) is -1.57. The van der Waals surface area contributed by atoms with Crippen LogP contribution < -0.4 is 4.72 Å². The van der Waals surface area contributed by atoms with Gasteiger partial charge < -0.3 is 5.11 Å². The largest absolute Gasteiger partial charge is 0.481 e. The molecule has 1 amide bonds. The number of amides is 1. The third-order valence-electron chi connectivity index (χ3n) is 2.19. The van der Waals surface area contributed by atoms with E-state index in [4.69, 9.17) is 5.11 Å². The second-order valence-electron chi connectivity index (χ2n) is 4.11. The predicted molar refractivity (Wildman–Crippen MR) is 54.7 cm³/mol. The molecule has 0 saturated carbocycles. The van der Waals surface area contributed by atoms with Crippen LogP contribution >= 0.6 is 0 Å². The first-order valence-electron chi connectivity index (χ1n) is 4.75. The maximum absolute atomic E-state index is 11.7. The number of carboxylic acids is 1. The van der Waals surface area contributed by atoms with Gasteiger partial charge in [-0.15, -0.1) is 0 Å². The van der Waals surface area contributed by atoms with Crippen molar-refractivity contribution in [2.24, 2.45) is 0 Å². The van der Waals surface area contributed by atoms with Gasteiger partial charge in [0.15, 0.2) is 0 Å². The third-order valence-corrected chi connectivity index (χ3v) is 3.88. The number of carboxylic acid groups (broad SMARTS) is 1. The third kappa shape index (κ3) is 2.50. The zero-order valence-electron chi connectivity index (χ0n) is 9.06. The van der Waals surface area contributed by atoms with Gasteiger partial charge in [-0.25, -0.2) is 4.31 Å². The molecule has 1 aliphatic heterocycles. The summed E-state index contributed by atoms with van der Waals surface area (Å²) < 4.78 is 25.9. The first-order chi connectivity index (χ1) is 7.17. The van der Waals surface area contributed by atoms with Crippen molar-refractivity contribution in [3.8, 4) is 0 Å². The van der Waals surface area contributed by atoms with Crippen molar-refractivity contribution in [2.45, 2.75) is 32.2 Å². The highest BCUT2D eigenvalue weighted by Gasteiger charge is 2.48. The van der Waals surface area contributed by atoms with Crippen LogP contribution in [0, 0.1) is 0 Å². The van der Waals surface area contributed by atoms with Crippen molar-refractivity contribution < 1.29 is 23.1 Å². The molecular formula is C8H14N2O5S. The van der Waals surface area contributed by atoms with E-state index in [-0.39, 0.29) is 19.4 Å². The predicted octanol–water partition coefficient (Wildman–Crippen LogP) is -0.694. The Morgan fingerprint density at radius 1 is 1.50 bits per heavy atom. The van der Waals surface area contributed by atoms with Gasteiger partial charge in [-0.3, -0.25) is 9.59 Å². The van der Waals surface area contributed by atoms with Crippen LogP contribution in [0.3, 0.4) is 0 Å². The van der Waals surface area contributed by atoms with Crippen molar-refractivity contribution in [3.05, 3.63) is 0 Å². The van der Waals surface area contributed by atoms with E-state index in [2.05, 4.69) is 4.72 Å². The van der Waals surface area contributed by atoms with E-state index >= 15 is 0 Å². The van der Waals surface area contributed by atoms with Gasteiger partial charge in [-0.05, 0) is 20.3 Å². The number of hydrogen-bond acceptors (Lipinski definition) is 4. The molecule has 0 bridgehead atoms. The first-order valence-corrected chi connectivity index (χ1v) is 6.19. The minimum Gasteiger partial charge on any atom is -0.481 e. The second kappa shape index (κ2) is 4.02. The quantitative estimate of drug-likeness (QED) is 0.687. The van der Waals surface area contributed by atoms with E-state index in [1.807, 2.05) is 0 Å². The molecule has 0 aliphatic carbocycles. The van der Waals surface area contributed by atoms with Crippen LogP contribution in [0.5, 0.6) is 0 Å². The maximum atomic E-state index is 11.7. The molecule has 0 spiro atoms. The number of nitrogens with zero attached hydrogens (tertiary/aromatic N) is 1. The molecule has 2 N–H and O–H groups in total. The molecule has 1 fully saturated rings. The lowest BCUT2D eigenvalue weighted by Crippen LogP contribution is -2.40. The van der Waals surface area contributed by atoms with Crippen LogP contribution in [0.25, 0.3) is 0 Å². The Morgan fingerprint density at radius 3 is 2.44 bits per heavy atom. The van der Waals surface area contributed by atoms with Gasteiger partial charge >= 0.3 is 16.2 Å². The maximum Gasteiger partial charge on any atom is 0.304 e. The van der Waals surface area contributed by atoms with Crippen LogP contribution in [0.2, 0.25) is 0 Å². The van der Waals surface area contributed by atoms with Gasteiger partial charge in [-0.2, -0.15) is 13.1 Å². The van der Waals surface area contributed by atoms with Crippen molar-refractivity contribution in [1.82, 2.24) is 9.03 Å². The number of nitrogens with one attached hydrogen (secondary N) is 1. The first kappa shape index (κ1) is 12.9. The zero-order chi connectivity index (χ0) is 12.6. The summed E-state index contributed by atoms with van der Waals surface area (Å²) in [5.41, 5.74) is -1.15. The lowest BCUT2D eigenvalue weighted by atomic mass is 10.1. The second-order valence-corrected chi connectivity index (χ2v) is 5.70. The van der Waals surface area contributed by atoms with Crippen molar-refractivity contribution >= 4 is 22.1 Å². The minimum absolute atomic E-state index is 0.107. The summed E-state index contributed by atoms with van der Waals surface area (Å²) in [6.45, 7) is 2.82. The smallest absolute Gasteiger partial charge is 0.304 e. The van der Waals surface area contributed by atoms with E-state index in [9.17, 15) is 18.0 Å². The average Bonchev–Trinajstić information content (AvgIpc) is 2.22. The van der Waals surface area contributed by atoms with Crippen molar-refractivity contribution in [3.63, 3.8) is 0 Å². The van der Waals surface area contributed by atoms with Gasteiger partial charge in [0.25, 0.3) is 5.91 Å². The van der Waals surface area contributed by atoms with Gasteiger partial charge in [0.1, 0.15) is 5.54 Å². The normalized spacial score (nSPS) is 22.4. The lowest BCUT2D eigenvalue weighted by molar-refractivity contribution is -0.137. The van der Waals surface area contributed by atoms with E-state index in [0.717, 1.165) is 0 Å². The molecule has 1 heterocycles. The summed E-state index contributed by atoms with van der Waals surface area (Å²) in [6, 6.07) is 0. The van der Waals surface area contributed by atoms with Crippen molar-refractivity contribution in [2.75, 3.05) is 6.54 Å². The van der Waals surface area contributed by atoms with Crippen molar-refractivity contribution in [1.29, 1.82) is 0 Å². The molecule has 1 rings (SSSR count). The fourth-order valence-electron chi connectivity index (χ4n) is 1.44. The number of hydrogen-bond donors (Lipinski definition) is 2. The highest BCUT2D eigenvalue weighted by atomic mass is 32.2. The van der Waals surface area contributed by atoms with Gasteiger partial charge in [0.05, 0.1) is 0 Å². The molecular weight excluding hydrogens is 236 g/mol. The topological polar surface area (TPSA) is 104 Å². The Labute approximate surface area is 93.6 Å². The molecule has 0 unspecified atom stereocenters. The molecule has 0 aromatic heterocycles. The number of rotatable bonds is 4. The summed E-state index contributed by atoms with van der Waals surface area (Å²) in [6.07, 6.45) is -0.0577. The molecule has 1 aliphatic rings. The average molecular weight is 250 g/mol. The molecule has 16 heavy (non-hydrogen) atoms. The molecule has 7 nitrogen and oxygen atoms in total. The molecule has 8 heteroatoms. The standard InChI is InChI=1S/C8H14N2O5S/c1-8(2)7(13)10(16(14,15)9-8)5-3-4-6(11)12/h9H,3-5H2,1-2H3,(H,11,12). The minimum atomic E-state index is -3.80. The zero-order valence-corrected chi connectivity index (χ0v) is 9.87. The Morgan fingerprint density at radius 2 is 2.06 bits per heavy atom. The summed E-state index contributed by atoms with van der Waals surface area (Å²) in [7, 11) is -3.80. The van der Waals surface area contributed by atoms with E-state index in [1.165, 1.54) is 13.8 Å². The van der Waals surface area contributed by atoms with E-state index in [1.54, 1.807) is 0 Å². The highest BCUT2D eigenvalue weighted by Crippen LogP contribution is 2.21. The van der Waals surface area contributed by atoms with E-state index in [0.29, 0.717) is 4.31 Å². The Balaban J connectivity index is 2.73. The number of aliphatic carboxylic acids is 1. The molecule has 0 aromatic carbocycles. The fraction of sp³-hybridized carbons (Fsp3) is 0.750. The summed E-state index contributed by atoms with van der Waals surface area (Å²) in [4.78, 5) is 21.9. The lowest BCUT2D eigenvalue weighted by Gasteiger charge is -2.14. The van der Waals surface area contributed by atoms with E-state index < -0.39 is 27.6 Å². The fourth-order valence-corrected chi connectivity index (χ4v) is 3.10. The molecule has 0 radical (unpaired) electrons. The van der Waals surface area contributed by atoms with Gasteiger partial charge in [0.2, 0.25) is 0 Å². The SMILES string of the molecule is CC1(C)NS(=O)(=O)N(CCCC(=O)O)C1=O. The molecule has 92 valence electrons. The molecule has 1 saturated heterocycles. The van der Waals surface area contributed by atoms with Gasteiger partial charge in [0, 0.05) is 13.0 Å². The Kier molecular flexibility index (Phi) is 3.25. The summed E-state index contributed by atoms with van der Waals surface area (Å²) in [5, 5.41) is 8.42. The number of carbonyl (C=O) groups is 2. The Bertz CT molecular complexity index is 414.